The van der Waals surface area contributed by atoms with Gasteiger partial charge in [0.1, 0.15) is 11.4 Å². The zero-order valence-corrected chi connectivity index (χ0v) is 20.1. The summed E-state index contributed by atoms with van der Waals surface area (Å²) in [5.41, 5.74) is 2.50. The molecule has 0 unspecified atom stereocenters. The molecule has 0 aliphatic rings. The largest absolute Gasteiger partial charge is 0.496 e. The molecule has 0 N–H and O–H groups in total. The van der Waals surface area contributed by atoms with Crippen LogP contribution in [-0.2, 0) is 12.3 Å². The summed E-state index contributed by atoms with van der Waals surface area (Å²) in [4.78, 5) is 30.6. The van der Waals surface area contributed by atoms with Crippen LogP contribution in [0.2, 0.25) is 0 Å². The second-order valence-electron chi connectivity index (χ2n) is 8.14. The molecule has 0 spiro atoms. The topological polar surface area (TPSA) is 95.8 Å². The van der Waals surface area contributed by atoms with Gasteiger partial charge in [-0.25, -0.2) is 4.98 Å². The van der Waals surface area contributed by atoms with Crippen LogP contribution in [0.3, 0.4) is 0 Å². The lowest BCUT2D eigenvalue weighted by molar-refractivity contribution is 0.408. The van der Waals surface area contributed by atoms with E-state index in [1.165, 1.54) is 22.2 Å². The van der Waals surface area contributed by atoms with Crippen molar-refractivity contribution in [2.75, 3.05) is 7.11 Å². The van der Waals surface area contributed by atoms with Crippen molar-refractivity contribution in [3.63, 3.8) is 0 Å². The normalized spacial score (nSPS) is 11.5. The molecule has 0 bridgehead atoms. The summed E-state index contributed by atoms with van der Waals surface area (Å²) in [6.45, 7) is 0.281. The van der Waals surface area contributed by atoms with E-state index in [-0.39, 0.29) is 17.7 Å². The van der Waals surface area contributed by atoms with Gasteiger partial charge < -0.3 is 4.74 Å². The van der Waals surface area contributed by atoms with Crippen molar-refractivity contribution in [1.29, 1.82) is 0 Å². The number of pyridine rings is 1. The maximum Gasteiger partial charge on any atom is 0.263 e. The van der Waals surface area contributed by atoms with E-state index >= 15 is 0 Å². The molecule has 0 amide bonds. The van der Waals surface area contributed by atoms with Crippen LogP contribution in [0.25, 0.3) is 22.3 Å². The van der Waals surface area contributed by atoms with E-state index in [0.717, 1.165) is 5.56 Å². The number of hydrogen-bond acceptors (Lipinski definition) is 7. The van der Waals surface area contributed by atoms with E-state index in [1.807, 2.05) is 52.9 Å². The van der Waals surface area contributed by atoms with Crippen LogP contribution in [0.4, 0.5) is 0 Å². The van der Waals surface area contributed by atoms with Crippen LogP contribution in [0.15, 0.2) is 93.7 Å². The monoisotopic (exact) mass is 496 g/mol. The van der Waals surface area contributed by atoms with Crippen molar-refractivity contribution >= 4 is 34.1 Å². The summed E-state index contributed by atoms with van der Waals surface area (Å²) in [6, 6.07) is 22.0. The summed E-state index contributed by atoms with van der Waals surface area (Å²) < 4.78 is 10.5. The Bertz CT molecular complexity index is 1870. The molecular weight excluding hydrogens is 476 g/mol. The molecule has 0 atom stereocenters. The molecule has 9 nitrogen and oxygen atoms in total. The third-order valence-electron chi connectivity index (χ3n) is 5.97. The fourth-order valence-corrected chi connectivity index (χ4v) is 5.12. The van der Waals surface area contributed by atoms with Crippen molar-refractivity contribution in [2.45, 2.75) is 17.5 Å². The van der Waals surface area contributed by atoms with Crippen LogP contribution in [0, 0.1) is 0 Å². The van der Waals surface area contributed by atoms with Gasteiger partial charge in [0.15, 0.2) is 5.16 Å². The highest BCUT2D eigenvalue weighted by molar-refractivity contribution is 7.98. The van der Waals surface area contributed by atoms with Crippen molar-refractivity contribution in [1.82, 2.24) is 28.5 Å². The molecule has 10 heteroatoms. The fraction of sp³-hybridized carbons (Fsp3) is 0.115. The van der Waals surface area contributed by atoms with Gasteiger partial charge >= 0.3 is 0 Å². The third kappa shape index (κ3) is 3.72. The molecule has 0 aliphatic carbocycles. The van der Waals surface area contributed by atoms with Crippen LogP contribution < -0.4 is 15.9 Å². The first-order chi connectivity index (χ1) is 17.6. The zero-order valence-electron chi connectivity index (χ0n) is 19.2. The van der Waals surface area contributed by atoms with Crippen LogP contribution >= 0.6 is 11.8 Å². The van der Waals surface area contributed by atoms with Gasteiger partial charge in [0.05, 0.1) is 30.3 Å². The van der Waals surface area contributed by atoms with E-state index in [1.54, 1.807) is 36.1 Å². The Morgan fingerprint density at radius 3 is 2.64 bits per heavy atom. The molecule has 36 heavy (non-hydrogen) atoms. The summed E-state index contributed by atoms with van der Waals surface area (Å²) in [5, 5.41) is 9.95. The molecule has 0 saturated heterocycles. The first-order valence-corrected chi connectivity index (χ1v) is 12.2. The molecule has 6 aromatic rings. The highest BCUT2D eigenvalue weighted by Crippen LogP contribution is 2.25. The van der Waals surface area contributed by atoms with E-state index in [4.69, 9.17) is 4.74 Å². The second kappa shape index (κ2) is 8.97. The Hall–Kier alpha value is -4.44. The van der Waals surface area contributed by atoms with Gasteiger partial charge in [-0.15, -0.1) is 10.2 Å². The molecule has 4 aromatic heterocycles. The third-order valence-corrected chi connectivity index (χ3v) is 6.93. The minimum absolute atomic E-state index is 0.140. The Kier molecular flexibility index (Phi) is 5.49. The first-order valence-electron chi connectivity index (χ1n) is 11.2. The number of fused-ring (bicyclic) bond motifs is 4. The number of thioether (sulfide) groups is 1. The van der Waals surface area contributed by atoms with Gasteiger partial charge in [0.2, 0.25) is 5.78 Å². The van der Waals surface area contributed by atoms with Crippen molar-refractivity contribution < 1.29 is 4.74 Å². The number of methoxy groups -OCH3 is 1. The Labute approximate surface area is 208 Å². The zero-order chi connectivity index (χ0) is 24.6. The summed E-state index contributed by atoms with van der Waals surface area (Å²) in [6.07, 6.45) is 1.70. The molecular formula is C26H20N6O3S. The predicted octanol–water partition coefficient (Wildman–Crippen LogP) is 3.40. The van der Waals surface area contributed by atoms with Gasteiger partial charge in [-0.05, 0) is 30.3 Å². The highest BCUT2D eigenvalue weighted by Gasteiger charge is 2.18. The average molecular weight is 497 g/mol. The fourth-order valence-electron chi connectivity index (χ4n) is 4.29. The quantitative estimate of drug-likeness (QED) is 0.326. The Morgan fingerprint density at radius 1 is 0.944 bits per heavy atom. The van der Waals surface area contributed by atoms with Crippen LogP contribution in [0.5, 0.6) is 5.75 Å². The van der Waals surface area contributed by atoms with E-state index in [9.17, 15) is 9.59 Å². The number of ether oxygens (including phenoxy) is 1. The van der Waals surface area contributed by atoms with Gasteiger partial charge in [0, 0.05) is 23.6 Å². The maximum atomic E-state index is 13.5. The number of rotatable bonds is 6. The Morgan fingerprint density at radius 2 is 1.75 bits per heavy atom. The molecule has 0 aliphatic heterocycles. The lowest BCUT2D eigenvalue weighted by Crippen LogP contribution is -2.24. The highest BCUT2D eigenvalue weighted by atomic mass is 32.2. The average Bonchev–Trinajstić information content (AvgIpc) is 3.34. The Balaban J connectivity index is 1.45. The molecule has 0 radical (unpaired) electrons. The minimum Gasteiger partial charge on any atom is -0.496 e. The number of nitrogens with zero attached hydrogens (tertiary/aromatic N) is 6. The first kappa shape index (κ1) is 22.1. The van der Waals surface area contributed by atoms with Crippen molar-refractivity contribution in [3.05, 3.63) is 111 Å². The molecule has 2 aromatic carbocycles. The standard InChI is InChI=1S/C26H20N6O3S/c1-35-21-11-5-2-8-17(21)15-31-24(34)19-9-3-4-10-20(19)32-25(31)28-29-26(32)36-16-18-14-23(33)30-13-7-6-12-22(30)27-18/h2-14H,15-16H2,1H3. The second-order valence-corrected chi connectivity index (χ2v) is 9.08. The molecule has 0 saturated carbocycles. The number of aromatic nitrogens is 6. The van der Waals surface area contributed by atoms with Crippen molar-refractivity contribution in [2.24, 2.45) is 0 Å². The number of para-hydroxylation sites is 2. The van der Waals surface area contributed by atoms with Gasteiger partial charge in [0.25, 0.3) is 11.1 Å². The van der Waals surface area contributed by atoms with E-state index < -0.39 is 0 Å². The summed E-state index contributed by atoms with van der Waals surface area (Å²) >= 11 is 1.41. The molecule has 0 fully saturated rings. The number of benzene rings is 2. The van der Waals surface area contributed by atoms with Crippen LogP contribution in [0.1, 0.15) is 11.3 Å². The van der Waals surface area contributed by atoms with Crippen LogP contribution in [-0.4, -0.2) is 35.7 Å². The summed E-state index contributed by atoms with van der Waals surface area (Å²) in [5.74, 6) is 1.54. The lowest BCUT2D eigenvalue weighted by Gasteiger charge is -2.13. The lowest BCUT2D eigenvalue weighted by atomic mass is 10.2. The number of hydrogen-bond donors (Lipinski definition) is 0. The molecule has 6 rings (SSSR count). The molecule has 4 heterocycles. The summed E-state index contributed by atoms with van der Waals surface area (Å²) in [7, 11) is 1.61. The minimum atomic E-state index is -0.155. The maximum absolute atomic E-state index is 13.5. The SMILES string of the molecule is COc1ccccc1Cn1c(=O)c2ccccc2n2c(SCc3cc(=O)n4ccccc4n3)nnc12. The van der Waals surface area contributed by atoms with Gasteiger partial charge in [-0.3, -0.25) is 23.0 Å². The smallest absolute Gasteiger partial charge is 0.263 e. The van der Waals surface area contributed by atoms with Gasteiger partial charge in [-0.1, -0.05) is 48.2 Å². The van der Waals surface area contributed by atoms with E-state index in [0.29, 0.717) is 44.7 Å². The van der Waals surface area contributed by atoms with Gasteiger partial charge in [-0.2, -0.15) is 0 Å². The van der Waals surface area contributed by atoms with Crippen molar-refractivity contribution in [3.8, 4) is 5.75 Å². The predicted molar refractivity (Wildman–Crippen MR) is 138 cm³/mol. The molecule has 178 valence electrons. The van der Waals surface area contributed by atoms with E-state index in [2.05, 4.69) is 15.2 Å².